The smallest absolute Gasteiger partial charge is 0.339 e. The number of amides is 1. The van der Waals surface area contributed by atoms with Crippen LogP contribution in [0.25, 0.3) is 11.2 Å². The van der Waals surface area contributed by atoms with Crippen molar-refractivity contribution in [2.24, 2.45) is 0 Å². The number of nitrogens with zero attached hydrogens (tertiary/aromatic N) is 5. The first kappa shape index (κ1) is 21.7. The first-order chi connectivity index (χ1) is 16.0. The van der Waals surface area contributed by atoms with Crippen LogP contribution in [-0.4, -0.2) is 50.6 Å². The van der Waals surface area contributed by atoms with Gasteiger partial charge in [-0.05, 0) is 29.8 Å². The molecule has 4 rings (SSSR count). The summed E-state index contributed by atoms with van der Waals surface area (Å²) in [6.45, 7) is 0.0228. The molecule has 0 unspecified atom stereocenters. The number of benzene rings is 2. The van der Waals surface area contributed by atoms with Gasteiger partial charge in [-0.1, -0.05) is 29.5 Å². The van der Waals surface area contributed by atoms with E-state index in [0.717, 1.165) is 10.1 Å². The van der Waals surface area contributed by atoms with Gasteiger partial charge in [-0.25, -0.2) is 14.5 Å². The molecule has 33 heavy (non-hydrogen) atoms. The summed E-state index contributed by atoms with van der Waals surface area (Å²) < 4.78 is 12.6. The van der Waals surface area contributed by atoms with E-state index in [4.69, 9.17) is 9.47 Å². The Balaban J connectivity index is 1.54. The van der Waals surface area contributed by atoms with Gasteiger partial charge in [0.15, 0.2) is 11.2 Å². The molecule has 0 saturated carbocycles. The third kappa shape index (κ3) is 4.56. The number of fused-ring (bicyclic) bond motifs is 1. The monoisotopic (exact) mass is 448 g/mol. The molecular weight excluding hydrogens is 428 g/mol. The van der Waals surface area contributed by atoms with E-state index in [9.17, 15) is 14.4 Å². The number of nitrogens with one attached hydrogen (secondary N) is 1. The molecule has 0 aliphatic rings. The number of aromatic nitrogens is 5. The van der Waals surface area contributed by atoms with Crippen molar-refractivity contribution >= 4 is 28.7 Å². The highest BCUT2D eigenvalue weighted by atomic mass is 16.5. The molecule has 0 spiro atoms. The van der Waals surface area contributed by atoms with Crippen molar-refractivity contribution in [3.8, 4) is 5.75 Å². The van der Waals surface area contributed by atoms with Gasteiger partial charge in [-0.2, -0.15) is 0 Å². The van der Waals surface area contributed by atoms with E-state index in [0.29, 0.717) is 17.9 Å². The van der Waals surface area contributed by atoms with E-state index < -0.39 is 17.4 Å². The fourth-order valence-corrected chi connectivity index (χ4v) is 3.27. The lowest BCUT2D eigenvalue weighted by atomic mass is 10.2. The summed E-state index contributed by atoms with van der Waals surface area (Å²) in [6.07, 6.45) is 1.27. The number of anilines is 1. The fraction of sp³-hybridized carbons (Fsp3) is 0.182. The highest BCUT2D eigenvalue weighted by Crippen LogP contribution is 2.16. The van der Waals surface area contributed by atoms with E-state index in [1.807, 2.05) is 24.3 Å². The molecule has 2 aromatic heterocycles. The third-order valence-electron chi connectivity index (χ3n) is 4.88. The van der Waals surface area contributed by atoms with E-state index in [1.54, 1.807) is 25.3 Å². The molecule has 0 aliphatic carbocycles. The van der Waals surface area contributed by atoms with Crippen LogP contribution in [0.1, 0.15) is 15.9 Å². The van der Waals surface area contributed by atoms with Crippen LogP contribution in [0.15, 0.2) is 59.7 Å². The lowest BCUT2D eigenvalue weighted by Crippen LogP contribution is -2.28. The molecule has 1 amide bonds. The third-order valence-corrected chi connectivity index (χ3v) is 4.88. The Morgan fingerprint density at radius 2 is 1.91 bits per heavy atom. The van der Waals surface area contributed by atoms with Crippen molar-refractivity contribution in [2.45, 2.75) is 13.1 Å². The van der Waals surface area contributed by atoms with Gasteiger partial charge in [-0.15, -0.1) is 5.10 Å². The molecule has 11 nitrogen and oxygen atoms in total. The Morgan fingerprint density at radius 1 is 1.09 bits per heavy atom. The summed E-state index contributed by atoms with van der Waals surface area (Å²) >= 11 is 0. The standard InChI is InChI=1S/C22H20N6O5/c1-32-15-7-5-6-14(10-15)11-28-20-19(25-26-28)21(30)27(13-23-20)12-18(29)24-17-9-4-3-8-16(17)22(31)33-2/h3-10,13H,11-12H2,1-2H3,(H,24,29). The van der Waals surface area contributed by atoms with Crippen LogP contribution < -0.4 is 15.6 Å². The highest BCUT2D eigenvalue weighted by molar-refractivity contribution is 6.01. The normalized spacial score (nSPS) is 10.7. The molecule has 11 heteroatoms. The Bertz CT molecular complexity index is 1390. The maximum absolute atomic E-state index is 12.8. The van der Waals surface area contributed by atoms with Crippen molar-refractivity contribution in [1.29, 1.82) is 0 Å². The number of hydrogen-bond donors (Lipinski definition) is 1. The molecule has 4 aromatic rings. The lowest BCUT2D eigenvalue weighted by molar-refractivity contribution is -0.116. The number of methoxy groups -OCH3 is 2. The van der Waals surface area contributed by atoms with E-state index in [-0.39, 0.29) is 23.3 Å². The first-order valence-electron chi connectivity index (χ1n) is 9.89. The summed E-state index contributed by atoms with van der Waals surface area (Å²) in [5.41, 5.74) is 1.22. The number of esters is 1. The van der Waals surface area contributed by atoms with Gasteiger partial charge < -0.3 is 14.8 Å². The maximum atomic E-state index is 12.8. The van der Waals surface area contributed by atoms with Gasteiger partial charge in [0.05, 0.1) is 32.0 Å². The molecule has 168 valence electrons. The van der Waals surface area contributed by atoms with Crippen molar-refractivity contribution in [3.63, 3.8) is 0 Å². The van der Waals surface area contributed by atoms with E-state index in [1.165, 1.54) is 24.2 Å². The zero-order valence-corrected chi connectivity index (χ0v) is 17.9. The second-order valence-electron chi connectivity index (χ2n) is 7.03. The second-order valence-corrected chi connectivity index (χ2v) is 7.03. The zero-order valence-electron chi connectivity index (χ0n) is 17.9. The average molecular weight is 448 g/mol. The number of para-hydroxylation sites is 1. The summed E-state index contributed by atoms with van der Waals surface area (Å²) in [5, 5.41) is 10.6. The van der Waals surface area contributed by atoms with Gasteiger partial charge >= 0.3 is 5.97 Å². The molecule has 0 radical (unpaired) electrons. The van der Waals surface area contributed by atoms with Gasteiger partial charge in [-0.3, -0.25) is 14.2 Å². The molecule has 2 aromatic carbocycles. The summed E-state index contributed by atoms with van der Waals surface area (Å²) in [6, 6.07) is 13.8. The minimum atomic E-state index is -0.584. The van der Waals surface area contributed by atoms with Gasteiger partial charge in [0, 0.05) is 0 Å². The summed E-state index contributed by atoms with van der Waals surface area (Å²) in [4.78, 5) is 41.5. The first-order valence-corrected chi connectivity index (χ1v) is 9.89. The van der Waals surface area contributed by atoms with Crippen molar-refractivity contribution < 1.29 is 19.1 Å². The van der Waals surface area contributed by atoms with E-state index >= 15 is 0 Å². The van der Waals surface area contributed by atoms with Crippen molar-refractivity contribution in [1.82, 2.24) is 24.5 Å². The fourth-order valence-electron chi connectivity index (χ4n) is 3.27. The van der Waals surface area contributed by atoms with Gasteiger partial charge in [0.1, 0.15) is 18.6 Å². The number of ether oxygens (including phenoxy) is 2. The van der Waals surface area contributed by atoms with E-state index in [2.05, 4.69) is 20.6 Å². The highest BCUT2D eigenvalue weighted by Gasteiger charge is 2.16. The minimum Gasteiger partial charge on any atom is -0.497 e. The average Bonchev–Trinajstić information content (AvgIpc) is 3.24. The van der Waals surface area contributed by atoms with Crippen LogP contribution in [0.5, 0.6) is 5.75 Å². The second kappa shape index (κ2) is 9.30. The topological polar surface area (TPSA) is 130 Å². The van der Waals surface area contributed by atoms with Crippen LogP contribution in [0.4, 0.5) is 5.69 Å². The van der Waals surface area contributed by atoms with Gasteiger partial charge in [0.2, 0.25) is 5.91 Å². The molecule has 1 N–H and O–H groups in total. The molecule has 0 bridgehead atoms. The Kier molecular flexibility index (Phi) is 6.11. The quantitative estimate of drug-likeness (QED) is 0.421. The summed E-state index contributed by atoms with van der Waals surface area (Å²) in [7, 11) is 2.83. The predicted molar refractivity (Wildman–Crippen MR) is 118 cm³/mol. The predicted octanol–water partition coefficient (Wildman–Crippen LogP) is 1.47. The zero-order chi connectivity index (χ0) is 23.4. The SMILES string of the molecule is COC(=O)c1ccccc1NC(=O)Cn1cnc2c(nnn2Cc2cccc(OC)c2)c1=O. The molecule has 0 atom stereocenters. The van der Waals surface area contributed by atoms with Crippen LogP contribution in [0.3, 0.4) is 0 Å². The largest absolute Gasteiger partial charge is 0.497 e. The number of rotatable bonds is 7. The van der Waals surface area contributed by atoms with Crippen LogP contribution in [0, 0.1) is 0 Å². The minimum absolute atomic E-state index is 0.0446. The summed E-state index contributed by atoms with van der Waals surface area (Å²) in [5.74, 6) is -0.399. The molecular formula is C22H20N6O5. The molecule has 0 saturated heterocycles. The van der Waals surface area contributed by atoms with Crippen LogP contribution >= 0.6 is 0 Å². The van der Waals surface area contributed by atoms with Crippen molar-refractivity contribution in [2.75, 3.05) is 19.5 Å². The Hall–Kier alpha value is -4.54. The Morgan fingerprint density at radius 3 is 2.70 bits per heavy atom. The number of hydrogen-bond acceptors (Lipinski definition) is 8. The van der Waals surface area contributed by atoms with Crippen molar-refractivity contribution in [3.05, 3.63) is 76.3 Å². The molecule has 0 aliphatic heterocycles. The van der Waals surface area contributed by atoms with Gasteiger partial charge in [0.25, 0.3) is 5.56 Å². The Labute approximate surface area is 187 Å². The number of carbonyl (C=O) groups excluding carboxylic acids is 2. The lowest BCUT2D eigenvalue weighted by Gasteiger charge is -2.10. The molecule has 0 fully saturated rings. The number of carbonyl (C=O) groups is 2. The van der Waals surface area contributed by atoms with Crippen LogP contribution in [0.2, 0.25) is 0 Å². The molecule has 2 heterocycles. The maximum Gasteiger partial charge on any atom is 0.339 e. The van der Waals surface area contributed by atoms with Crippen LogP contribution in [-0.2, 0) is 22.6 Å².